The van der Waals surface area contributed by atoms with Crippen molar-refractivity contribution in [2.45, 2.75) is 69.9 Å². The summed E-state index contributed by atoms with van der Waals surface area (Å²) in [4.78, 5) is 40.1. The van der Waals surface area contributed by atoms with Crippen LogP contribution >= 0.6 is 0 Å². The first-order valence-electron chi connectivity index (χ1n) is 12.5. The van der Waals surface area contributed by atoms with Gasteiger partial charge in [-0.3, -0.25) is 14.4 Å². The SMILES string of the molecule is C=CCCCC(=O)OCC1(NC(=O)[C@@H](CC=C)CC(=O)N(CCO)Cc2ccccc2)CCCC1. The third-order valence-electron chi connectivity index (χ3n) is 6.43. The number of amides is 2. The smallest absolute Gasteiger partial charge is 0.305 e. The van der Waals surface area contributed by atoms with E-state index in [9.17, 15) is 19.5 Å². The first-order chi connectivity index (χ1) is 16.9. The molecule has 1 aliphatic rings. The molecule has 35 heavy (non-hydrogen) atoms. The van der Waals surface area contributed by atoms with E-state index in [0.29, 0.717) is 25.8 Å². The second-order valence-electron chi connectivity index (χ2n) is 9.27. The van der Waals surface area contributed by atoms with Gasteiger partial charge in [0.1, 0.15) is 6.61 Å². The lowest BCUT2D eigenvalue weighted by atomic mass is 9.94. The molecule has 7 heteroatoms. The number of nitrogens with one attached hydrogen (secondary N) is 1. The molecule has 1 aromatic carbocycles. The molecule has 192 valence electrons. The minimum absolute atomic E-state index is 0.0160. The van der Waals surface area contributed by atoms with Crippen molar-refractivity contribution in [2.24, 2.45) is 5.92 Å². The highest BCUT2D eigenvalue weighted by Crippen LogP contribution is 2.31. The largest absolute Gasteiger partial charge is 0.463 e. The predicted octanol–water partition coefficient (Wildman–Crippen LogP) is 3.92. The van der Waals surface area contributed by atoms with Crippen LogP contribution in [0.15, 0.2) is 55.6 Å². The van der Waals surface area contributed by atoms with E-state index in [1.54, 1.807) is 17.1 Å². The minimum atomic E-state index is -0.595. The molecule has 0 unspecified atom stereocenters. The van der Waals surface area contributed by atoms with Gasteiger partial charge < -0.3 is 20.1 Å². The number of carbonyl (C=O) groups is 3. The molecule has 2 amide bonds. The summed E-state index contributed by atoms with van der Waals surface area (Å²) < 4.78 is 5.52. The summed E-state index contributed by atoms with van der Waals surface area (Å²) >= 11 is 0. The number of carbonyl (C=O) groups excluding carboxylic acids is 3. The number of esters is 1. The molecule has 2 N–H and O–H groups in total. The summed E-state index contributed by atoms with van der Waals surface area (Å²) in [6, 6.07) is 9.56. The highest BCUT2D eigenvalue weighted by molar-refractivity contribution is 5.86. The van der Waals surface area contributed by atoms with E-state index >= 15 is 0 Å². The number of benzene rings is 1. The Bertz CT molecular complexity index is 833. The molecule has 0 saturated heterocycles. The number of hydrogen-bond acceptors (Lipinski definition) is 5. The van der Waals surface area contributed by atoms with Crippen LogP contribution < -0.4 is 5.32 Å². The monoisotopic (exact) mass is 484 g/mol. The van der Waals surface area contributed by atoms with Gasteiger partial charge in [0.25, 0.3) is 0 Å². The number of unbranched alkanes of at least 4 members (excludes halogenated alkanes) is 1. The predicted molar refractivity (Wildman–Crippen MR) is 136 cm³/mol. The summed E-state index contributed by atoms with van der Waals surface area (Å²) in [6.45, 7) is 7.98. The Balaban J connectivity index is 2.01. The second kappa shape index (κ2) is 15.1. The molecule has 1 saturated carbocycles. The van der Waals surface area contributed by atoms with Crippen molar-refractivity contribution < 1.29 is 24.2 Å². The van der Waals surface area contributed by atoms with Gasteiger partial charge >= 0.3 is 5.97 Å². The summed E-state index contributed by atoms with van der Waals surface area (Å²) in [5, 5.41) is 12.6. The van der Waals surface area contributed by atoms with Gasteiger partial charge in [-0.25, -0.2) is 0 Å². The maximum absolute atomic E-state index is 13.3. The molecule has 2 rings (SSSR count). The Morgan fingerprint density at radius 1 is 1.14 bits per heavy atom. The van der Waals surface area contributed by atoms with Gasteiger partial charge in [0, 0.05) is 25.9 Å². The fourth-order valence-electron chi connectivity index (χ4n) is 4.44. The van der Waals surface area contributed by atoms with Gasteiger partial charge in [0.05, 0.1) is 18.1 Å². The molecule has 7 nitrogen and oxygen atoms in total. The maximum Gasteiger partial charge on any atom is 0.305 e. The standard InChI is InChI=1S/C28H40N2O5/c1-3-5-7-15-26(33)35-22-28(16-10-11-17-28)29-27(34)24(12-4-2)20-25(32)30(18-19-31)21-23-13-8-6-9-14-23/h3-4,6,8-9,13-14,24,31H,1-2,5,7,10-12,15-22H2,(H,29,34)/t24-/m0/s1. The molecular formula is C28H40N2O5. The summed E-state index contributed by atoms with van der Waals surface area (Å²) in [5.74, 6) is -1.28. The quantitative estimate of drug-likeness (QED) is 0.211. The van der Waals surface area contributed by atoms with Gasteiger partial charge in [0.2, 0.25) is 11.8 Å². The average Bonchev–Trinajstić information content (AvgIpc) is 3.31. The molecule has 1 atom stereocenters. The molecule has 0 aromatic heterocycles. The molecule has 0 spiro atoms. The van der Waals surface area contributed by atoms with Crippen molar-refractivity contribution in [3.63, 3.8) is 0 Å². The van der Waals surface area contributed by atoms with Crippen LogP contribution in [-0.4, -0.2) is 53.1 Å². The Morgan fingerprint density at radius 2 is 1.86 bits per heavy atom. The Labute approximate surface area is 209 Å². The normalized spacial score (nSPS) is 15.1. The lowest BCUT2D eigenvalue weighted by Crippen LogP contribution is -2.52. The molecule has 0 aliphatic heterocycles. The number of hydrogen-bond donors (Lipinski definition) is 2. The third kappa shape index (κ3) is 9.68. The topological polar surface area (TPSA) is 95.9 Å². The van der Waals surface area contributed by atoms with Crippen LogP contribution in [0.3, 0.4) is 0 Å². The van der Waals surface area contributed by atoms with E-state index < -0.39 is 11.5 Å². The first kappa shape index (κ1) is 28.3. The van der Waals surface area contributed by atoms with Gasteiger partial charge in [-0.15, -0.1) is 13.2 Å². The highest BCUT2D eigenvalue weighted by atomic mass is 16.5. The summed E-state index contributed by atoms with van der Waals surface area (Å²) in [6.07, 6.45) is 8.92. The van der Waals surface area contributed by atoms with Crippen LogP contribution in [0.1, 0.15) is 63.4 Å². The lowest BCUT2D eigenvalue weighted by Gasteiger charge is -2.32. The van der Waals surface area contributed by atoms with E-state index in [2.05, 4.69) is 18.5 Å². The maximum atomic E-state index is 13.3. The number of aliphatic hydroxyl groups excluding tert-OH is 1. The van der Waals surface area contributed by atoms with E-state index in [1.807, 2.05) is 30.3 Å². The number of nitrogens with zero attached hydrogens (tertiary/aromatic N) is 1. The van der Waals surface area contributed by atoms with Crippen molar-refractivity contribution in [3.05, 3.63) is 61.2 Å². The van der Waals surface area contributed by atoms with E-state index in [4.69, 9.17) is 4.74 Å². The average molecular weight is 485 g/mol. The van der Waals surface area contributed by atoms with Gasteiger partial charge in [-0.05, 0) is 37.7 Å². The van der Waals surface area contributed by atoms with Crippen LogP contribution in [0.2, 0.25) is 0 Å². The van der Waals surface area contributed by atoms with Crippen LogP contribution in [0.25, 0.3) is 0 Å². The number of aliphatic hydroxyl groups is 1. The van der Waals surface area contributed by atoms with Crippen LogP contribution in [-0.2, 0) is 25.7 Å². The molecule has 1 aliphatic carbocycles. The van der Waals surface area contributed by atoms with Crippen LogP contribution in [0.4, 0.5) is 0 Å². The third-order valence-corrected chi connectivity index (χ3v) is 6.43. The Morgan fingerprint density at radius 3 is 2.49 bits per heavy atom. The molecule has 0 heterocycles. The first-order valence-corrected chi connectivity index (χ1v) is 12.5. The Kier molecular flexibility index (Phi) is 12.2. The van der Waals surface area contributed by atoms with Gasteiger partial charge in [-0.1, -0.05) is 55.3 Å². The van der Waals surface area contributed by atoms with E-state index in [1.165, 1.54) is 0 Å². The zero-order valence-corrected chi connectivity index (χ0v) is 20.8. The molecule has 1 aromatic rings. The fraction of sp³-hybridized carbons (Fsp3) is 0.536. The lowest BCUT2D eigenvalue weighted by molar-refractivity contribution is -0.147. The number of rotatable bonds is 16. The second-order valence-corrected chi connectivity index (χ2v) is 9.27. The van der Waals surface area contributed by atoms with E-state index in [0.717, 1.165) is 37.7 Å². The minimum Gasteiger partial charge on any atom is -0.463 e. The fourth-order valence-corrected chi connectivity index (χ4v) is 4.44. The van der Waals surface area contributed by atoms with Crippen molar-refractivity contribution in [1.82, 2.24) is 10.2 Å². The van der Waals surface area contributed by atoms with Crippen molar-refractivity contribution in [2.75, 3.05) is 19.8 Å². The highest BCUT2D eigenvalue weighted by Gasteiger charge is 2.38. The summed E-state index contributed by atoms with van der Waals surface area (Å²) in [5.41, 5.74) is 0.362. The van der Waals surface area contributed by atoms with Crippen molar-refractivity contribution in [1.29, 1.82) is 0 Å². The Hall–Kier alpha value is -2.93. The molecular weight excluding hydrogens is 444 g/mol. The van der Waals surface area contributed by atoms with Crippen LogP contribution in [0, 0.1) is 5.92 Å². The van der Waals surface area contributed by atoms with E-state index in [-0.39, 0.29) is 44.0 Å². The van der Waals surface area contributed by atoms with Gasteiger partial charge in [-0.2, -0.15) is 0 Å². The zero-order chi connectivity index (χ0) is 25.5. The molecule has 0 bridgehead atoms. The summed E-state index contributed by atoms with van der Waals surface area (Å²) in [7, 11) is 0. The molecule has 0 radical (unpaired) electrons. The molecule has 1 fully saturated rings. The van der Waals surface area contributed by atoms with Crippen molar-refractivity contribution in [3.8, 4) is 0 Å². The number of ether oxygens (including phenoxy) is 1. The van der Waals surface area contributed by atoms with Crippen LogP contribution in [0.5, 0.6) is 0 Å². The number of allylic oxidation sites excluding steroid dienone is 2. The van der Waals surface area contributed by atoms with Crippen molar-refractivity contribution >= 4 is 17.8 Å². The van der Waals surface area contributed by atoms with Gasteiger partial charge in [0.15, 0.2) is 0 Å². The zero-order valence-electron chi connectivity index (χ0n) is 20.8.